The van der Waals surface area contributed by atoms with Gasteiger partial charge in [-0.25, -0.2) is 4.98 Å². The second kappa shape index (κ2) is 7.92. The van der Waals surface area contributed by atoms with Crippen LogP contribution in [0.15, 0.2) is 60.7 Å². The summed E-state index contributed by atoms with van der Waals surface area (Å²) in [6.45, 7) is 0.0281. The van der Waals surface area contributed by atoms with Crippen LogP contribution in [-0.2, 0) is 0 Å². The van der Waals surface area contributed by atoms with Gasteiger partial charge in [-0.05, 0) is 12.1 Å². The molecule has 1 heterocycles. The highest BCUT2D eigenvalue weighted by molar-refractivity contribution is 5.93. The van der Waals surface area contributed by atoms with Gasteiger partial charge in [-0.1, -0.05) is 48.5 Å². The summed E-state index contributed by atoms with van der Waals surface area (Å²) >= 11 is 0. The zero-order valence-corrected chi connectivity index (χ0v) is 13.3. The molecule has 5 heteroatoms. The van der Waals surface area contributed by atoms with E-state index in [0.29, 0.717) is 6.54 Å². The van der Waals surface area contributed by atoms with Gasteiger partial charge < -0.3 is 15.5 Å². The molecule has 120 valence electrons. The third-order valence-electron chi connectivity index (χ3n) is 3.52. The van der Waals surface area contributed by atoms with Crippen LogP contribution in [0.2, 0.25) is 0 Å². The minimum Gasteiger partial charge on any atom is -0.394 e. The average molecular weight is 331 g/mol. The number of rotatable bonds is 5. The van der Waals surface area contributed by atoms with Gasteiger partial charge in [0, 0.05) is 23.2 Å². The Morgan fingerprint density at radius 1 is 1.00 bits per heavy atom. The molecule has 23 heavy (non-hydrogen) atoms. The second-order valence-electron chi connectivity index (χ2n) is 5.16. The van der Waals surface area contributed by atoms with Crippen molar-refractivity contribution in [2.75, 3.05) is 18.5 Å². The molecule has 3 rings (SSSR count). The second-order valence-corrected chi connectivity index (χ2v) is 5.16. The Morgan fingerprint density at radius 2 is 1.70 bits per heavy atom. The van der Waals surface area contributed by atoms with Crippen LogP contribution in [0, 0.1) is 0 Å². The van der Waals surface area contributed by atoms with Crippen molar-refractivity contribution < 1.29 is 10.2 Å². The summed E-state index contributed by atoms with van der Waals surface area (Å²) in [5.41, 5.74) is 3.71. The van der Waals surface area contributed by atoms with Gasteiger partial charge in [0.05, 0.1) is 23.9 Å². The Kier molecular flexibility index (Phi) is 5.93. The van der Waals surface area contributed by atoms with Gasteiger partial charge in [0.2, 0.25) is 0 Å². The Hall–Kier alpha value is -2.14. The third kappa shape index (κ3) is 3.99. The molecule has 0 amide bonds. The average Bonchev–Trinajstić information content (AvgIpc) is 2.59. The van der Waals surface area contributed by atoms with Crippen LogP contribution in [-0.4, -0.2) is 34.5 Å². The topological polar surface area (TPSA) is 65.4 Å². The lowest BCUT2D eigenvalue weighted by Gasteiger charge is -2.14. The van der Waals surface area contributed by atoms with Gasteiger partial charge in [0.25, 0.3) is 0 Å². The first kappa shape index (κ1) is 17.2. The lowest BCUT2D eigenvalue weighted by atomic mass is 10.1. The highest BCUT2D eigenvalue weighted by Crippen LogP contribution is 2.28. The molecule has 0 spiro atoms. The fourth-order valence-corrected chi connectivity index (χ4v) is 2.37. The molecule has 0 bridgehead atoms. The number of hydrogen-bond donors (Lipinski definition) is 3. The first-order valence-electron chi connectivity index (χ1n) is 7.26. The van der Waals surface area contributed by atoms with Crippen molar-refractivity contribution >= 4 is 29.0 Å². The number of aliphatic hydroxyl groups excluding tert-OH is 2. The van der Waals surface area contributed by atoms with E-state index in [-0.39, 0.29) is 19.0 Å². The molecule has 0 radical (unpaired) electrons. The number of nitrogens with one attached hydrogen (secondary N) is 1. The molecule has 0 saturated heterocycles. The van der Waals surface area contributed by atoms with Gasteiger partial charge >= 0.3 is 0 Å². The third-order valence-corrected chi connectivity index (χ3v) is 3.52. The number of para-hydroxylation sites is 1. The van der Waals surface area contributed by atoms with Crippen molar-refractivity contribution in [3.8, 4) is 11.3 Å². The van der Waals surface area contributed by atoms with Crippen LogP contribution >= 0.6 is 12.4 Å². The number of aromatic nitrogens is 1. The van der Waals surface area contributed by atoms with Gasteiger partial charge in [-0.2, -0.15) is 0 Å². The van der Waals surface area contributed by atoms with E-state index < -0.39 is 6.10 Å². The molecule has 1 atom stereocenters. The maximum Gasteiger partial charge on any atom is 0.0942 e. The normalized spacial score (nSPS) is 11.7. The molecule has 0 aliphatic carbocycles. The fraction of sp³-hybridized carbons (Fsp3) is 0.167. The van der Waals surface area contributed by atoms with E-state index >= 15 is 0 Å². The summed E-state index contributed by atoms with van der Waals surface area (Å²) in [6.07, 6.45) is -0.785. The zero-order chi connectivity index (χ0) is 15.4. The standard InChI is InChI=1S/C18H18N2O2.ClH/c21-12-14(22)11-19-18-10-17(13-6-2-1-3-7-13)20-16-9-5-4-8-15(16)18;/h1-10,14,21-22H,11-12H2,(H,19,20);1H/t14-;/m0./s1. The molecule has 4 nitrogen and oxygen atoms in total. The van der Waals surface area contributed by atoms with Crippen molar-refractivity contribution in [2.24, 2.45) is 0 Å². The summed E-state index contributed by atoms with van der Waals surface area (Å²) in [7, 11) is 0. The van der Waals surface area contributed by atoms with Crippen LogP contribution in [0.4, 0.5) is 5.69 Å². The van der Waals surface area contributed by atoms with Crippen LogP contribution in [0.25, 0.3) is 22.2 Å². The Bertz CT molecular complexity index is 765. The lowest BCUT2D eigenvalue weighted by Crippen LogP contribution is -2.23. The van der Waals surface area contributed by atoms with Crippen LogP contribution < -0.4 is 5.32 Å². The van der Waals surface area contributed by atoms with Gasteiger partial charge in [0.1, 0.15) is 0 Å². The quantitative estimate of drug-likeness (QED) is 0.672. The van der Waals surface area contributed by atoms with Crippen molar-refractivity contribution in [3.63, 3.8) is 0 Å². The summed E-state index contributed by atoms with van der Waals surface area (Å²) in [5.74, 6) is 0. The number of pyridine rings is 1. The Morgan fingerprint density at radius 3 is 2.43 bits per heavy atom. The minimum atomic E-state index is -0.785. The van der Waals surface area contributed by atoms with Gasteiger partial charge in [0.15, 0.2) is 0 Å². The van der Waals surface area contributed by atoms with Crippen molar-refractivity contribution in [1.29, 1.82) is 0 Å². The van der Waals surface area contributed by atoms with E-state index in [9.17, 15) is 5.11 Å². The molecular weight excluding hydrogens is 312 g/mol. The van der Waals surface area contributed by atoms with E-state index in [1.54, 1.807) is 0 Å². The molecule has 2 aromatic carbocycles. The number of halogens is 1. The van der Waals surface area contributed by atoms with Crippen LogP contribution in [0.5, 0.6) is 0 Å². The molecule has 0 saturated carbocycles. The predicted octanol–water partition coefficient (Wildman–Crippen LogP) is 3.09. The molecule has 0 aliphatic heterocycles. The molecule has 0 aliphatic rings. The highest BCUT2D eigenvalue weighted by Gasteiger charge is 2.08. The maximum absolute atomic E-state index is 9.55. The largest absolute Gasteiger partial charge is 0.394 e. The summed E-state index contributed by atoms with van der Waals surface area (Å²) in [4.78, 5) is 4.70. The van der Waals surface area contributed by atoms with Crippen LogP contribution in [0.3, 0.4) is 0 Å². The maximum atomic E-state index is 9.55. The van der Waals surface area contributed by atoms with E-state index in [0.717, 1.165) is 27.8 Å². The lowest BCUT2D eigenvalue weighted by molar-refractivity contribution is 0.105. The number of hydrogen-bond acceptors (Lipinski definition) is 4. The summed E-state index contributed by atoms with van der Waals surface area (Å²) < 4.78 is 0. The molecule has 0 fully saturated rings. The van der Waals surface area contributed by atoms with Gasteiger partial charge in [-0.3, -0.25) is 0 Å². The fourth-order valence-electron chi connectivity index (χ4n) is 2.37. The monoisotopic (exact) mass is 330 g/mol. The SMILES string of the molecule is Cl.OC[C@@H](O)CNc1cc(-c2ccccc2)nc2ccccc12. The number of anilines is 1. The molecule has 3 N–H and O–H groups in total. The predicted molar refractivity (Wildman–Crippen MR) is 96.0 cm³/mol. The van der Waals surface area contributed by atoms with E-state index in [1.165, 1.54) is 0 Å². The number of aliphatic hydroxyl groups is 2. The molecule has 1 aromatic heterocycles. The summed E-state index contributed by atoms with van der Waals surface area (Å²) in [5, 5.41) is 22.7. The Balaban J connectivity index is 0.00000192. The Labute approximate surface area is 141 Å². The minimum absolute atomic E-state index is 0. The molecule has 3 aromatic rings. The van der Waals surface area contributed by atoms with Crippen LogP contribution in [0.1, 0.15) is 0 Å². The summed E-state index contributed by atoms with van der Waals surface area (Å²) in [6, 6.07) is 19.8. The zero-order valence-electron chi connectivity index (χ0n) is 12.5. The number of fused-ring (bicyclic) bond motifs is 1. The number of nitrogens with zero attached hydrogens (tertiary/aromatic N) is 1. The first-order valence-corrected chi connectivity index (χ1v) is 7.26. The van der Waals surface area contributed by atoms with E-state index in [4.69, 9.17) is 10.1 Å². The molecule has 0 unspecified atom stereocenters. The van der Waals surface area contributed by atoms with E-state index in [2.05, 4.69) is 5.32 Å². The number of benzene rings is 2. The van der Waals surface area contributed by atoms with Gasteiger partial charge in [-0.15, -0.1) is 12.4 Å². The molecular formula is C18H19ClN2O2. The van der Waals surface area contributed by atoms with Crippen molar-refractivity contribution in [2.45, 2.75) is 6.10 Å². The smallest absolute Gasteiger partial charge is 0.0942 e. The van der Waals surface area contributed by atoms with Crippen molar-refractivity contribution in [3.05, 3.63) is 60.7 Å². The van der Waals surface area contributed by atoms with E-state index in [1.807, 2.05) is 60.7 Å². The highest BCUT2D eigenvalue weighted by atomic mass is 35.5. The van der Waals surface area contributed by atoms with Crippen molar-refractivity contribution in [1.82, 2.24) is 4.98 Å². The first-order chi connectivity index (χ1) is 10.8.